The van der Waals surface area contributed by atoms with Crippen LogP contribution < -0.4 is 16.0 Å². The number of carbonyl (C=O) groups excluding carboxylic acids is 2. The second-order valence-electron chi connectivity index (χ2n) is 9.79. The largest absolute Gasteiger partial charge is 0.379 e. The number of nitriles is 1. The second kappa shape index (κ2) is 9.84. The third kappa shape index (κ3) is 6.28. The van der Waals surface area contributed by atoms with Crippen molar-refractivity contribution in [1.82, 2.24) is 15.2 Å². The van der Waals surface area contributed by atoms with E-state index in [2.05, 4.69) is 10.3 Å². The molecule has 4 rings (SSSR count). The monoisotopic (exact) mass is 590 g/mol. The van der Waals surface area contributed by atoms with Crippen LogP contribution in [0, 0.1) is 11.5 Å². The topological polar surface area (TPSA) is 134 Å². The first-order valence-electron chi connectivity index (χ1n) is 12.0. The zero-order chi connectivity index (χ0) is 29.4. The number of carbonyl (C=O) groups is 2. The Hall–Kier alpha value is -3.52. The predicted octanol–water partition coefficient (Wildman–Crippen LogP) is 3.23. The van der Waals surface area contributed by atoms with Crippen LogP contribution in [0.1, 0.15) is 18.0 Å². The van der Waals surface area contributed by atoms with Crippen LogP contribution in [0.15, 0.2) is 53.7 Å². The number of benzene rings is 1. The number of hydrogen-bond acceptors (Lipinski definition) is 8. The Morgan fingerprint density at radius 3 is 2.45 bits per heavy atom. The number of ether oxygens (including phenoxy) is 2. The summed E-state index contributed by atoms with van der Waals surface area (Å²) in [5.74, 6) is -1.60. The Morgan fingerprint density at radius 1 is 1.27 bits per heavy atom. The molecule has 2 aliphatic rings. The molecule has 2 aliphatic heterocycles. The van der Waals surface area contributed by atoms with Gasteiger partial charge in [0.25, 0.3) is 5.91 Å². The van der Waals surface area contributed by atoms with Gasteiger partial charge in [-0.25, -0.2) is 0 Å². The number of pyridine rings is 1. The smallest absolute Gasteiger partial charge is 0.310 e. The van der Waals surface area contributed by atoms with Crippen LogP contribution in [0.4, 0.5) is 25.1 Å². The summed E-state index contributed by atoms with van der Waals surface area (Å²) in [7, 11) is -8.64. The number of nitrogens with one attached hydrogen (secondary N) is 1. The van der Waals surface area contributed by atoms with Crippen molar-refractivity contribution >= 4 is 27.7 Å². The summed E-state index contributed by atoms with van der Waals surface area (Å²) in [6.07, 6.45) is 4.10. The number of hydrogen-bond donors (Lipinski definition) is 2. The molecule has 3 atom stereocenters. The Bertz CT molecular complexity index is 1310. The maximum atomic E-state index is 14.0. The normalized spacial score (nSPS) is 22.7. The van der Waals surface area contributed by atoms with Crippen molar-refractivity contribution in [2.45, 2.75) is 35.0 Å². The molecule has 0 spiro atoms. The zero-order valence-electron chi connectivity index (χ0n) is 21.2. The molecule has 0 bridgehead atoms. The van der Waals surface area contributed by atoms with Crippen LogP contribution in [-0.4, -0.2) is 72.8 Å². The Kier molecular flexibility index (Phi) is 7.25. The third-order valence-electron chi connectivity index (χ3n) is 6.71. The minimum atomic E-state index is -10.0. The summed E-state index contributed by atoms with van der Waals surface area (Å²) in [5.41, 5.74) is 5.15. The van der Waals surface area contributed by atoms with Crippen LogP contribution in [-0.2, 0) is 19.1 Å². The van der Waals surface area contributed by atoms with Crippen molar-refractivity contribution in [3.63, 3.8) is 0 Å². The molecule has 3 heterocycles. The molecule has 0 radical (unpaired) electrons. The number of likely N-dealkylation sites (tertiary alicyclic amines) is 1. The van der Waals surface area contributed by atoms with E-state index in [9.17, 15) is 34.3 Å². The van der Waals surface area contributed by atoms with Gasteiger partial charge in [0.2, 0.25) is 5.91 Å². The lowest BCUT2D eigenvalue weighted by atomic mass is 9.98. The molecule has 218 valence electrons. The van der Waals surface area contributed by atoms with Gasteiger partial charge in [0.15, 0.2) is 6.19 Å². The number of amides is 2. The van der Waals surface area contributed by atoms with Crippen molar-refractivity contribution in [3.8, 4) is 6.19 Å². The van der Waals surface area contributed by atoms with E-state index in [0.29, 0.717) is 12.1 Å². The highest BCUT2D eigenvalue weighted by Crippen LogP contribution is 3.02. The van der Waals surface area contributed by atoms with E-state index in [1.807, 2.05) is 6.19 Å². The summed E-state index contributed by atoms with van der Waals surface area (Å²) >= 11 is 0. The summed E-state index contributed by atoms with van der Waals surface area (Å²) in [4.78, 5) is 31.5. The lowest BCUT2D eigenvalue weighted by Crippen LogP contribution is -2.64. The first-order valence-corrected chi connectivity index (χ1v) is 13.9. The molecule has 3 unspecified atom stereocenters. The van der Waals surface area contributed by atoms with E-state index < -0.39 is 50.7 Å². The molecule has 16 heteroatoms. The van der Waals surface area contributed by atoms with E-state index in [4.69, 9.17) is 15.2 Å². The molecular formula is C24H27F5N6O4S. The standard InChI is InChI=1S/C24H27F5N6O4S/c1-38-18-9-20(34(11-18)15-30)23(37)35(17-4-6-19(7-5-17)40(25,26,27,28)29)21(16-3-2-8-32-10-16)22(36)33-12-24(31)13-39-14-24/h2-8,10,18,20-21H,9,11-14,31H2,1H3,(H,33,36). The van der Waals surface area contributed by atoms with Gasteiger partial charge in [0.1, 0.15) is 17.0 Å². The summed E-state index contributed by atoms with van der Waals surface area (Å²) in [5, 5.41) is 12.3. The quantitative estimate of drug-likeness (QED) is 0.336. The number of nitrogens with two attached hydrogens (primary N) is 1. The van der Waals surface area contributed by atoms with Gasteiger partial charge in [-0.1, -0.05) is 25.5 Å². The first kappa shape index (κ1) is 29.5. The highest BCUT2D eigenvalue weighted by molar-refractivity contribution is 8.45. The lowest BCUT2D eigenvalue weighted by Gasteiger charge is -2.41. The fourth-order valence-electron chi connectivity index (χ4n) is 4.52. The predicted molar refractivity (Wildman–Crippen MR) is 135 cm³/mol. The fraction of sp³-hybridized carbons (Fsp3) is 0.417. The Balaban J connectivity index is 1.81. The van der Waals surface area contributed by atoms with Gasteiger partial charge >= 0.3 is 10.2 Å². The molecule has 0 aliphatic carbocycles. The molecule has 2 fully saturated rings. The molecule has 40 heavy (non-hydrogen) atoms. The molecule has 10 nitrogen and oxygen atoms in total. The maximum Gasteiger partial charge on any atom is 0.310 e. The van der Waals surface area contributed by atoms with Gasteiger partial charge in [-0.05, 0) is 30.3 Å². The molecule has 1 aromatic carbocycles. The molecule has 2 aromatic rings. The van der Waals surface area contributed by atoms with Gasteiger partial charge in [-0.15, -0.1) is 0 Å². The minimum absolute atomic E-state index is 0.0353. The van der Waals surface area contributed by atoms with E-state index in [1.54, 1.807) is 0 Å². The van der Waals surface area contributed by atoms with E-state index in [0.717, 1.165) is 9.80 Å². The molecule has 3 N–H and O–H groups in total. The highest BCUT2D eigenvalue weighted by atomic mass is 32.5. The van der Waals surface area contributed by atoms with Crippen LogP contribution in [0.3, 0.4) is 0 Å². The van der Waals surface area contributed by atoms with Gasteiger partial charge in [-0.3, -0.25) is 24.4 Å². The number of anilines is 1. The van der Waals surface area contributed by atoms with Crippen LogP contribution in [0.2, 0.25) is 0 Å². The van der Waals surface area contributed by atoms with Gasteiger partial charge in [-0.2, -0.15) is 5.26 Å². The van der Waals surface area contributed by atoms with Crippen molar-refractivity contribution in [2.75, 3.05) is 38.3 Å². The number of methoxy groups -OCH3 is 1. The highest BCUT2D eigenvalue weighted by Gasteiger charge is 2.65. The molecule has 2 amide bonds. The Labute approximate surface area is 226 Å². The van der Waals surface area contributed by atoms with Crippen LogP contribution in [0.5, 0.6) is 0 Å². The fourth-order valence-corrected chi connectivity index (χ4v) is 5.17. The molecular weight excluding hydrogens is 563 g/mol. The van der Waals surface area contributed by atoms with Gasteiger partial charge in [0, 0.05) is 43.7 Å². The van der Waals surface area contributed by atoms with E-state index in [-0.39, 0.29) is 56.1 Å². The summed E-state index contributed by atoms with van der Waals surface area (Å²) in [6.45, 7) is 0.342. The number of rotatable bonds is 9. The first-order chi connectivity index (χ1) is 18.5. The molecule has 1 aromatic heterocycles. The van der Waals surface area contributed by atoms with Crippen molar-refractivity contribution < 1.29 is 38.5 Å². The third-order valence-corrected chi connectivity index (χ3v) is 7.87. The van der Waals surface area contributed by atoms with Crippen molar-refractivity contribution in [3.05, 3.63) is 54.4 Å². The summed E-state index contributed by atoms with van der Waals surface area (Å²) in [6, 6.07) is 1.97. The van der Waals surface area contributed by atoms with E-state index >= 15 is 0 Å². The van der Waals surface area contributed by atoms with E-state index in [1.165, 1.54) is 31.6 Å². The SMILES string of the molecule is COC1CC(C(=O)N(c2ccc(S(F)(F)(F)(F)F)cc2)C(C(=O)NCC2(N)COC2)c2cccnc2)N(C#N)C1. The average molecular weight is 591 g/mol. The number of halogens is 5. The number of nitrogens with zero attached hydrogens (tertiary/aromatic N) is 4. The maximum absolute atomic E-state index is 14.0. The molecule has 0 saturated carbocycles. The van der Waals surface area contributed by atoms with Crippen LogP contribution in [0.25, 0.3) is 0 Å². The van der Waals surface area contributed by atoms with Gasteiger partial charge < -0.3 is 20.5 Å². The summed E-state index contributed by atoms with van der Waals surface area (Å²) < 4.78 is 77.6. The van der Waals surface area contributed by atoms with Crippen LogP contribution >= 0.6 is 10.2 Å². The minimum Gasteiger partial charge on any atom is -0.379 e. The second-order valence-corrected chi connectivity index (χ2v) is 12.2. The zero-order valence-corrected chi connectivity index (χ0v) is 22.0. The average Bonchev–Trinajstić information content (AvgIpc) is 3.32. The Morgan fingerprint density at radius 2 is 1.95 bits per heavy atom. The number of aromatic nitrogens is 1. The van der Waals surface area contributed by atoms with Crippen molar-refractivity contribution in [1.29, 1.82) is 5.26 Å². The lowest BCUT2D eigenvalue weighted by molar-refractivity contribution is -0.129. The van der Waals surface area contributed by atoms with Crippen molar-refractivity contribution in [2.24, 2.45) is 5.73 Å². The molecule has 2 saturated heterocycles. The van der Waals surface area contributed by atoms with Gasteiger partial charge in [0.05, 0.1) is 31.4 Å².